The SMILES string of the molecule is COc1ccc(C2(C#N)CC3CC(C(=O)O)CC3C2)cc1OCC1CCCO1. The van der Waals surface area contributed by atoms with Gasteiger partial charge in [-0.15, -0.1) is 0 Å². The van der Waals surface area contributed by atoms with E-state index in [4.69, 9.17) is 14.2 Å². The maximum absolute atomic E-state index is 11.3. The lowest BCUT2D eigenvalue weighted by molar-refractivity contribution is -0.141. The zero-order valence-corrected chi connectivity index (χ0v) is 16.2. The molecule has 0 spiro atoms. The molecular weight excluding hydrogens is 358 g/mol. The maximum Gasteiger partial charge on any atom is 0.306 e. The summed E-state index contributed by atoms with van der Waals surface area (Å²) < 4.78 is 17.1. The highest BCUT2D eigenvalue weighted by Gasteiger charge is 2.52. The first-order valence-electron chi connectivity index (χ1n) is 10.1. The highest BCUT2D eigenvalue weighted by molar-refractivity contribution is 5.70. The second-order valence-electron chi connectivity index (χ2n) is 8.44. The van der Waals surface area contributed by atoms with Gasteiger partial charge in [0.15, 0.2) is 11.5 Å². The van der Waals surface area contributed by atoms with E-state index in [1.165, 1.54) is 0 Å². The third-order valence-electron chi connectivity index (χ3n) is 6.79. The van der Waals surface area contributed by atoms with Crippen molar-refractivity contribution in [2.75, 3.05) is 20.3 Å². The topological polar surface area (TPSA) is 88.8 Å². The molecule has 1 N–H and O–H groups in total. The summed E-state index contributed by atoms with van der Waals surface area (Å²) in [6.45, 7) is 1.26. The zero-order valence-electron chi connectivity index (χ0n) is 16.2. The molecule has 2 aliphatic carbocycles. The quantitative estimate of drug-likeness (QED) is 0.806. The molecule has 1 aromatic rings. The van der Waals surface area contributed by atoms with E-state index in [1.807, 2.05) is 18.2 Å². The number of methoxy groups -OCH3 is 1. The molecule has 0 radical (unpaired) electrons. The standard InChI is InChI=1S/C22H27NO5/c1-26-19-5-4-17(9-20(19)28-12-18-3-2-6-27-18)22(13-23)10-15-7-14(21(24)25)8-16(15)11-22/h4-5,9,14-16,18H,2-3,6-8,10-12H2,1H3,(H,24,25). The van der Waals surface area contributed by atoms with Crippen molar-refractivity contribution in [2.45, 2.75) is 50.0 Å². The fourth-order valence-electron chi connectivity index (χ4n) is 5.33. The Morgan fingerprint density at radius 2 is 2.07 bits per heavy atom. The Morgan fingerprint density at radius 3 is 2.64 bits per heavy atom. The van der Waals surface area contributed by atoms with Crippen LogP contribution in [-0.2, 0) is 14.9 Å². The first kappa shape index (κ1) is 19.1. The summed E-state index contributed by atoms with van der Waals surface area (Å²) in [7, 11) is 1.61. The van der Waals surface area contributed by atoms with Crippen LogP contribution in [0.2, 0.25) is 0 Å². The van der Waals surface area contributed by atoms with Gasteiger partial charge in [-0.25, -0.2) is 0 Å². The number of hydrogen-bond acceptors (Lipinski definition) is 5. The van der Waals surface area contributed by atoms with Gasteiger partial charge >= 0.3 is 5.97 Å². The average molecular weight is 385 g/mol. The third kappa shape index (κ3) is 3.44. The van der Waals surface area contributed by atoms with Gasteiger partial charge in [-0.1, -0.05) is 6.07 Å². The number of ether oxygens (including phenoxy) is 3. The molecule has 0 bridgehead atoms. The van der Waals surface area contributed by atoms with Crippen molar-refractivity contribution in [3.05, 3.63) is 23.8 Å². The van der Waals surface area contributed by atoms with Crippen LogP contribution in [0.3, 0.4) is 0 Å². The average Bonchev–Trinajstić information content (AvgIpc) is 3.41. The monoisotopic (exact) mass is 385 g/mol. The molecule has 1 saturated heterocycles. The van der Waals surface area contributed by atoms with Crippen LogP contribution in [-0.4, -0.2) is 37.5 Å². The van der Waals surface area contributed by atoms with Gasteiger partial charge in [-0.05, 0) is 68.1 Å². The number of hydrogen-bond donors (Lipinski definition) is 1. The fraction of sp³-hybridized carbons (Fsp3) is 0.636. The second kappa shape index (κ2) is 7.63. The van der Waals surface area contributed by atoms with Gasteiger partial charge in [0.05, 0.1) is 30.6 Å². The van der Waals surface area contributed by atoms with Crippen LogP contribution in [0.1, 0.15) is 44.1 Å². The second-order valence-corrected chi connectivity index (χ2v) is 8.44. The summed E-state index contributed by atoms with van der Waals surface area (Å²) in [4.78, 5) is 11.3. The van der Waals surface area contributed by atoms with E-state index in [9.17, 15) is 15.2 Å². The minimum atomic E-state index is -0.703. The predicted octanol–water partition coefficient (Wildman–Crippen LogP) is 3.54. The first-order chi connectivity index (χ1) is 13.5. The minimum absolute atomic E-state index is 0.108. The lowest BCUT2D eigenvalue weighted by Crippen LogP contribution is -2.23. The van der Waals surface area contributed by atoms with Crippen molar-refractivity contribution in [1.29, 1.82) is 5.26 Å². The molecule has 1 aromatic carbocycles. The highest BCUT2D eigenvalue weighted by Crippen LogP contribution is 2.56. The van der Waals surface area contributed by atoms with Crippen molar-refractivity contribution < 1.29 is 24.1 Å². The van der Waals surface area contributed by atoms with E-state index in [1.54, 1.807) is 7.11 Å². The van der Waals surface area contributed by atoms with Crippen LogP contribution in [0.15, 0.2) is 18.2 Å². The molecule has 0 aromatic heterocycles. The summed E-state index contributed by atoms with van der Waals surface area (Å²) in [5, 5.41) is 19.4. The van der Waals surface area contributed by atoms with Crippen LogP contribution < -0.4 is 9.47 Å². The summed E-state index contributed by atoms with van der Waals surface area (Å²) >= 11 is 0. The number of fused-ring (bicyclic) bond motifs is 1. The van der Waals surface area contributed by atoms with Gasteiger partial charge in [0.25, 0.3) is 0 Å². The van der Waals surface area contributed by atoms with Crippen molar-refractivity contribution >= 4 is 5.97 Å². The Morgan fingerprint density at radius 1 is 1.32 bits per heavy atom. The summed E-state index contributed by atoms with van der Waals surface area (Å²) in [5.74, 6) is 0.946. The molecule has 1 aliphatic heterocycles. The number of rotatable bonds is 6. The Hall–Kier alpha value is -2.26. The van der Waals surface area contributed by atoms with Crippen LogP contribution in [0.4, 0.5) is 0 Å². The Bertz CT molecular complexity index is 766. The number of nitriles is 1. The van der Waals surface area contributed by atoms with Crippen molar-refractivity contribution in [1.82, 2.24) is 0 Å². The summed E-state index contributed by atoms with van der Waals surface area (Å²) in [6, 6.07) is 8.32. The Kier molecular flexibility index (Phi) is 5.20. The van der Waals surface area contributed by atoms with Crippen LogP contribution in [0.25, 0.3) is 0 Å². The number of benzene rings is 1. The largest absolute Gasteiger partial charge is 0.493 e. The van der Waals surface area contributed by atoms with Crippen LogP contribution in [0.5, 0.6) is 11.5 Å². The number of aliphatic carboxylic acids is 1. The van der Waals surface area contributed by atoms with Gasteiger partial charge in [0.2, 0.25) is 0 Å². The molecule has 150 valence electrons. The Labute approximate surface area is 165 Å². The van der Waals surface area contributed by atoms with E-state index in [-0.39, 0.29) is 12.0 Å². The fourth-order valence-corrected chi connectivity index (χ4v) is 5.33. The molecule has 2 saturated carbocycles. The first-order valence-corrected chi connectivity index (χ1v) is 10.1. The van der Waals surface area contributed by atoms with Gasteiger partial charge in [-0.3, -0.25) is 4.79 Å². The normalized spacial score (nSPS) is 34.0. The molecule has 3 fully saturated rings. The molecule has 1 heterocycles. The smallest absolute Gasteiger partial charge is 0.306 e. The van der Waals surface area contributed by atoms with E-state index in [0.717, 1.165) is 37.9 Å². The van der Waals surface area contributed by atoms with Crippen molar-refractivity contribution in [3.8, 4) is 17.6 Å². The van der Waals surface area contributed by atoms with E-state index < -0.39 is 11.4 Å². The molecule has 3 unspecified atom stereocenters. The molecule has 6 nitrogen and oxygen atoms in total. The van der Waals surface area contributed by atoms with E-state index in [0.29, 0.717) is 42.8 Å². The van der Waals surface area contributed by atoms with Gasteiger partial charge in [0, 0.05) is 6.61 Å². The van der Waals surface area contributed by atoms with Crippen molar-refractivity contribution in [2.24, 2.45) is 17.8 Å². The maximum atomic E-state index is 11.3. The van der Waals surface area contributed by atoms with Gasteiger partial charge in [0.1, 0.15) is 6.61 Å². The lowest BCUT2D eigenvalue weighted by Gasteiger charge is -2.25. The molecule has 4 rings (SSSR count). The number of nitrogens with zero attached hydrogens (tertiary/aromatic N) is 1. The number of carboxylic acid groups (broad SMARTS) is 1. The van der Waals surface area contributed by atoms with E-state index >= 15 is 0 Å². The zero-order chi connectivity index (χ0) is 19.7. The number of carboxylic acids is 1. The molecule has 6 heteroatoms. The lowest BCUT2D eigenvalue weighted by atomic mass is 9.77. The Balaban J connectivity index is 1.53. The molecule has 3 atom stereocenters. The molecule has 28 heavy (non-hydrogen) atoms. The molecular formula is C22H27NO5. The van der Waals surface area contributed by atoms with Gasteiger partial charge < -0.3 is 19.3 Å². The molecule has 3 aliphatic rings. The molecule has 0 amide bonds. The minimum Gasteiger partial charge on any atom is -0.493 e. The summed E-state index contributed by atoms with van der Waals surface area (Å²) in [6.07, 6.45) is 4.97. The predicted molar refractivity (Wildman–Crippen MR) is 101 cm³/mol. The van der Waals surface area contributed by atoms with Crippen LogP contribution in [0, 0.1) is 29.1 Å². The van der Waals surface area contributed by atoms with Gasteiger partial charge in [-0.2, -0.15) is 5.26 Å². The van der Waals surface area contributed by atoms with E-state index in [2.05, 4.69) is 6.07 Å². The van der Waals surface area contributed by atoms with Crippen LogP contribution >= 0.6 is 0 Å². The summed E-state index contributed by atoms with van der Waals surface area (Å²) in [5.41, 5.74) is 0.368. The third-order valence-corrected chi connectivity index (χ3v) is 6.79. The number of carbonyl (C=O) groups is 1. The highest BCUT2D eigenvalue weighted by atomic mass is 16.5. The van der Waals surface area contributed by atoms with Crippen molar-refractivity contribution in [3.63, 3.8) is 0 Å².